The molecule has 0 saturated carbocycles. The molecule has 2 nitrogen and oxygen atoms in total. The van der Waals surface area contributed by atoms with Gasteiger partial charge in [-0.3, -0.25) is 0 Å². The van der Waals surface area contributed by atoms with E-state index >= 15 is 0 Å². The van der Waals surface area contributed by atoms with Crippen LogP contribution < -0.4 is 0 Å². The van der Waals surface area contributed by atoms with Crippen molar-refractivity contribution < 1.29 is 0 Å². The summed E-state index contributed by atoms with van der Waals surface area (Å²) in [6, 6.07) is 72.3. The lowest BCUT2D eigenvalue weighted by Gasteiger charge is -2.25. The predicted molar refractivity (Wildman–Crippen MR) is 295 cm³/mol. The van der Waals surface area contributed by atoms with Gasteiger partial charge in [-0.05, 0) is 138 Å². The molecule has 4 heteroatoms. The second-order valence-electron chi connectivity index (χ2n) is 18.1. The van der Waals surface area contributed by atoms with Crippen LogP contribution in [0, 0.1) is 0 Å². The number of hydrogen-bond acceptors (Lipinski definition) is 4. The van der Waals surface area contributed by atoms with Gasteiger partial charge < -0.3 is 0 Å². The number of rotatable bonds is 12. The highest BCUT2D eigenvalue weighted by atomic mass is 32.1. The van der Waals surface area contributed by atoms with Crippen LogP contribution in [-0.4, -0.2) is 9.97 Å². The van der Waals surface area contributed by atoms with Gasteiger partial charge in [0.1, 0.15) is 10.0 Å². The first-order valence-electron chi connectivity index (χ1n) is 24.2. The van der Waals surface area contributed by atoms with Crippen molar-refractivity contribution >= 4 is 75.4 Å². The van der Waals surface area contributed by atoms with Gasteiger partial charge >= 0.3 is 0 Å². The van der Waals surface area contributed by atoms with Crippen LogP contribution in [0.25, 0.3) is 118 Å². The number of nitrogens with zero attached hydrogens (tertiary/aromatic N) is 2. The summed E-state index contributed by atoms with van der Waals surface area (Å²) in [5, 5.41) is 9.54. The molecule has 0 saturated heterocycles. The standard InChI is InChI=1S/C64H50N2S2/c1-3-5-17-41-27-37-53-55(39-41)67-63(65-53)47-33-29-45(30-34-47)59-51-25-15-16-26-52(51)60(46-31-35-48(36-32-46)64-66-54-38-28-42(18-6-4-2)40-56(54)68-64)62-58(44-21-11-8-12-22-44)50-24-14-13-23-49(50)57(61(59)62)43-19-9-7-10-20-43/h7-16,19-40H,3-6,17-18H2,1-2H3. The Morgan fingerprint density at radius 1 is 0.338 bits per heavy atom. The minimum Gasteiger partial charge on any atom is -0.236 e. The lowest BCUT2D eigenvalue weighted by molar-refractivity contribution is 0.796. The molecule has 0 amide bonds. The van der Waals surface area contributed by atoms with E-state index in [0.29, 0.717) is 0 Å². The Kier molecular flexibility index (Phi) is 11.2. The minimum absolute atomic E-state index is 1.05. The van der Waals surface area contributed by atoms with Gasteiger partial charge in [0.2, 0.25) is 0 Å². The van der Waals surface area contributed by atoms with Crippen LogP contribution >= 0.6 is 22.7 Å². The normalized spacial score (nSPS) is 11.7. The summed E-state index contributed by atoms with van der Waals surface area (Å²) in [6.45, 7) is 4.51. The maximum absolute atomic E-state index is 5.15. The molecule has 2 heterocycles. The van der Waals surface area contributed by atoms with Gasteiger partial charge in [0.25, 0.3) is 0 Å². The van der Waals surface area contributed by atoms with Gasteiger partial charge in [0.15, 0.2) is 0 Å². The Balaban J connectivity index is 1.12. The molecule has 0 radical (unpaired) electrons. The average molecular weight is 911 g/mol. The third kappa shape index (κ3) is 7.59. The van der Waals surface area contributed by atoms with E-state index in [2.05, 4.69) is 208 Å². The molecule has 12 aromatic rings. The van der Waals surface area contributed by atoms with Crippen LogP contribution in [0.5, 0.6) is 0 Å². The summed E-state index contributed by atoms with van der Waals surface area (Å²) in [5.74, 6) is 0. The quantitative estimate of drug-likeness (QED) is 0.114. The van der Waals surface area contributed by atoms with E-state index in [-0.39, 0.29) is 0 Å². The number of thiazole rings is 2. The second kappa shape index (κ2) is 18.1. The Morgan fingerprint density at radius 2 is 0.662 bits per heavy atom. The van der Waals surface area contributed by atoms with E-state index < -0.39 is 0 Å². The fourth-order valence-electron chi connectivity index (χ4n) is 10.4. The van der Waals surface area contributed by atoms with Crippen LogP contribution in [0.2, 0.25) is 0 Å². The van der Waals surface area contributed by atoms with E-state index in [4.69, 9.17) is 9.97 Å². The molecule has 0 atom stereocenters. The highest BCUT2D eigenvalue weighted by molar-refractivity contribution is 7.22. The molecule has 0 aliphatic carbocycles. The summed E-state index contributed by atoms with van der Waals surface area (Å²) >= 11 is 3.59. The predicted octanol–water partition coefficient (Wildman–Crippen LogP) is 19.1. The molecule has 0 fully saturated rings. The Labute approximate surface area is 406 Å². The Morgan fingerprint density at radius 3 is 1.01 bits per heavy atom. The molecule has 2 aromatic heterocycles. The molecule has 0 aliphatic rings. The van der Waals surface area contributed by atoms with Crippen molar-refractivity contribution in [1.29, 1.82) is 0 Å². The van der Waals surface area contributed by atoms with Crippen LogP contribution in [-0.2, 0) is 12.8 Å². The molecule has 0 spiro atoms. The van der Waals surface area contributed by atoms with E-state index in [1.54, 1.807) is 22.7 Å². The van der Waals surface area contributed by atoms with Crippen molar-refractivity contribution in [2.24, 2.45) is 0 Å². The maximum atomic E-state index is 5.15. The zero-order valence-electron chi connectivity index (χ0n) is 38.4. The van der Waals surface area contributed by atoms with Gasteiger partial charge in [-0.15, -0.1) is 22.7 Å². The van der Waals surface area contributed by atoms with E-state index in [1.807, 2.05) is 0 Å². The molecule has 0 N–H and O–H groups in total. The Hall–Kier alpha value is -7.24. The number of aryl methyl sites for hydroxylation is 2. The molecule has 68 heavy (non-hydrogen) atoms. The van der Waals surface area contributed by atoms with Crippen LogP contribution in [0.4, 0.5) is 0 Å². The summed E-state index contributed by atoms with van der Waals surface area (Å²) < 4.78 is 2.50. The highest BCUT2D eigenvalue weighted by Crippen LogP contribution is 2.54. The topological polar surface area (TPSA) is 25.8 Å². The second-order valence-corrected chi connectivity index (χ2v) is 20.1. The molecule has 0 aliphatic heterocycles. The molecule has 0 bridgehead atoms. The van der Waals surface area contributed by atoms with E-state index in [9.17, 15) is 0 Å². The van der Waals surface area contributed by atoms with E-state index in [0.717, 1.165) is 45.0 Å². The summed E-state index contributed by atoms with van der Waals surface area (Å²) in [7, 11) is 0. The first-order chi connectivity index (χ1) is 33.6. The van der Waals surface area contributed by atoms with Crippen molar-refractivity contribution in [1.82, 2.24) is 9.97 Å². The Bertz CT molecular complexity index is 3540. The van der Waals surface area contributed by atoms with E-state index in [1.165, 1.54) is 123 Å². The molecule has 0 unspecified atom stereocenters. The van der Waals surface area contributed by atoms with Gasteiger partial charge in [0.05, 0.1) is 20.4 Å². The van der Waals surface area contributed by atoms with Crippen molar-refractivity contribution in [2.45, 2.75) is 52.4 Å². The first kappa shape index (κ1) is 42.1. The molecular formula is C64H50N2S2. The third-order valence-corrected chi connectivity index (χ3v) is 15.8. The smallest absolute Gasteiger partial charge is 0.124 e. The molecule has 10 aromatic carbocycles. The van der Waals surface area contributed by atoms with Crippen LogP contribution in [0.15, 0.2) is 194 Å². The largest absolute Gasteiger partial charge is 0.236 e. The first-order valence-corrected chi connectivity index (χ1v) is 25.8. The van der Waals surface area contributed by atoms with Crippen molar-refractivity contribution in [2.75, 3.05) is 0 Å². The highest BCUT2D eigenvalue weighted by Gasteiger charge is 2.26. The van der Waals surface area contributed by atoms with Crippen molar-refractivity contribution in [3.05, 3.63) is 205 Å². The summed E-state index contributed by atoms with van der Waals surface area (Å²) in [4.78, 5) is 10.3. The number of aromatic nitrogens is 2. The zero-order valence-corrected chi connectivity index (χ0v) is 40.1. The van der Waals surface area contributed by atoms with Gasteiger partial charge in [-0.2, -0.15) is 0 Å². The van der Waals surface area contributed by atoms with Crippen molar-refractivity contribution in [3.8, 4) is 65.6 Å². The zero-order chi connectivity index (χ0) is 45.6. The lowest BCUT2D eigenvalue weighted by Crippen LogP contribution is -1.97. The third-order valence-electron chi connectivity index (χ3n) is 13.7. The maximum Gasteiger partial charge on any atom is 0.124 e. The SMILES string of the molecule is CCCCc1ccc2nc(-c3ccc(-c4c5ccccc5c(-c5ccc(-c6nc7ccc(CCCC)cc7s6)cc5)c5c(-c6ccccc6)c6ccccc6c(-c6ccccc6)c45)cc3)sc2c1. The molecule has 328 valence electrons. The minimum atomic E-state index is 1.05. The number of hydrogen-bond donors (Lipinski definition) is 0. The summed E-state index contributed by atoms with van der Waals surface area (Å²) in [5.41, 5.74) is 16.9. The number of fused-ring (bicyclic) bond motifs is 5. The number of unbranched alkanes of at least 4 members (excludes halogenated alkanes) is 2. The molecular weight excluding hydrogens is 861 g/mol. The van der Waals surface area contributed by atoms with Crippen LogP contribution in [0.3, 0.4) is 0 Å². The average Bonchev–Trinajstić information content (AvgIpc) is 4.03. The lowest BCUT2D eigenvalue weighted by atomic mass is 9.77. The van der Waals surface area contributed by atoms with Crippen molar-refractivity contribution in [3.63, 3.8) is 0 Å². The fourth-order valence-corrected chi connectivity index (χ4v) is 12.4. The monoisotopic (exact) mass is 910 g/mol. The molecule has 12 rings (SSSR count). The van der Waals surface area contributed by atoms with Gasteiger partial charge in [-0.25, -0.2) is 9.97 Å². The van der Waals surface area contributed by atoms with Gasteiger partial charge in [0, 0.05) is 11.1 Å². The van der Waals surface area contributed by atoms with Gasteiger partial charge in [-0.1, -0.05) is 197 Å². The fraction of sp³-hybridized carbons (Fsp3) is 0.125. The van der Waals surface area contributed by atoms with Crippen LogP contribution in [0.1, 0.15) is 50.7 Å². The summed E-state index contributed by atoms with van der Waals surface area (Å²) in [6.07, 6.45) is 7.01. The number of benzene rings is 10.